The number of benzene rings is 1. The van der Waals surface area contributed by atoms with Crippen LogP contribution in [0, 0.1) is 13.8 Å². The minimum atomic E-state index is 0.808. The van der Waals surface area contributed by atoms with E-state index in [1.54, 1.807) is 0 Å². The number of hydrogen-bond acceptors (Lipinski definition) is 3. The average Bonchev–Trinajstić information content (AvgIpc) is 2.71. The largest absolute Gasteiger partial charge is 0.370 e. The molecule has 0 amide bonds. The average molecular weight is 396 g/mol. The third-order valence-electron chi connectivity index (χ3n) is 5.50. The first kappa shape index (κ1) is 23.4. The molecule has 0 bridgehead atoms. The van der Waals surface area contributed by atoms with Gasteiger partial charge in [-0.05, 0) is 20.3 Å². The van der Waals surface area contributed by atoms with E-state index in [0.29, 0.717) is 0 Å². The summed E-state index contributed by atoms with van der Waals surface area (Å²) < 4.78 is 0. The number of hydrogen-bond donors (Lipinski definition) is 1. The molecule has 0 saturated carbocycles. The van der Waals surface area contributed by atoms with E-state index in [0.717, 1.165) is 29.4 Å². The quantitative estimate of drug-likeness (QED) is 0.312. The van der Waals surface area contributed by atoms with Crippen LogP contribution in [0.2, 0.25) is 0 Å². The van der Waals surface area contributed by atoms with Crippen molar-refractivity contribution in [3.05, 3.63) is 41.6 Å². The van der Waals surface area contributed by atoms with Crippen molar-refractivity contribution in [2.24, 2.45) is 0 Å². The maximum absolute atomic E-state index is 4.71. The maximum atomic E-state index is 4.71. The first-order valence-electron chi connectivity index (χ1n) is 11.9. The molecular weight excluding hydrogens is 354 g/mol. The number of nitrogens with zero attached hydrogens (tertiary/aromatic N) is 2. The van der Waals surface area contributed by atoms with Crippen LogP contribution in [0.4, 0.5) is 5.82 Å². The SMILES string of the molecule is CCCCCCCCCCCCCCNc1cc(C)nc(-c2ccc(C)cc2)n1. The Labute approximate surface area is 178 Å². The van der Waals surface area contributed by atoms with Crippen LogP contribution in [0.25, 0.3) is 11.4 Å². The molecule has 0 aliphatic carbocycles. The highest BCUT2D eigenvalue weighted by molar-refractivity contribution is 5.58. The third-order valence-corrected chi connectivity index (χ3v) is 5.50. The zero-order valence-corrected chi connectivity index (χ0v) is 19.0. The van der Waals surface area contributed by atoms with E-state index >= 15 is 0 Å². The van der Waals surface area contributed by atoms with Gasteiger partial charge in [0.05, 0.1) is 0 Å². The monoisotopic (exact) mass is 395 g/mol. The van der Waals surface area contributed by atoms with Crippen molar-refractivity contribution in [2.45, 2.75) is 97.8 Å². The molecule has 3 nitrogen and oxygen atoms in total. The molecule has 0 fully saturated rings. The number of aryl methyl sites for hydroxylation is 2. The summed E-state index contributed by atoms with van der Waals surface area (Å²) in [6.45, 7) is 7.41. The summed E-state index contributed by atoms with van der Waals surface area (Å²) in [4.78, 5) is 9.30. The lowest BCUT2D eigenvalue weighted by Crippen LogP contribution is -2.05. The van der Waals surface area contributed by atoms with E-state index in [-0.39, 0.29) is 0 Å². The lowest BCUT2D eigenvalue weighted by Gasteiger charge is -2.09. The number of anilines is 1. The zero-order valence-electron chi connectivity index (χ0n) is 19.0. The molecule has 0 unspecified atom stereocenters. The number of nitrogens with one attached hydrogen (secondary N) is 1. The van der Waals surface area contributed by atoms with Gasteiger partial charge in [0.2, 0.25) is 0 Å². The van der Waals surface area contributed by atoms with E-state index in [1.807, 2.05) is 13.0 Å². The van der Waals surface area contributed by atoms with Crippen LogP contribution < -0.4 is 5.32 Å². The minimum absolute atomic E-state index is 0.808. The first-order valence-corrected chi connectivity index (χ1v) is 11.9. The Morgan fingerprint density at radius 3 is 1.83 bits per heavy atom. The molecule has 2 aromatic rings. The fraction of sp³-hybridized carbons (Fsp3) is 0.615. The first-order chi connectivity index (χ1) is 14.2. The molecule has 0 aliphatic heterocycles. The molecule has 1 aromatic heterocycles. The van der Waals surface area contributed by atoms with Crippen LogP contribution in [0.5, 0.6) is 0 Å². The van der Waals surface area contributed by atoms with Crippen LogP contribution in [0.1, 0.15) is 95.2 Å². The lowest BCUT2D eigenvalue weighted by atomic mass is 10.1. The molecule has 0 aliphatic rings. The molecule has 0 saturated heterocycles. The molecule has 3 heteroatoms. The number of rotatable bonds is 15. The van der Waals surface area contributed by atoms with Crippen molar-refractivity contribution in [1.82, 2.24) is 9.97 Å². The Hall–Kier alpha value is -1.90. The molecule has 0 radical (unpaired) electrons. The highest BCUT2D eigenvalue weighted by Gasteiger charge is 2.05. The topological polar surface area (TPSA) is 37.8 Å². The molecule has 0 atom stereocenters. The third kappa shape index (κ3) is 9.92. The van der Waals surface area contributed by atoms with Gasteiger partial charge in [-0.2, -0.15) is 0 Å². The Bertz CT molecular complexity index is 679. The van der Waals surface area contributed by atoms with Crippen molar-refractivity contribution in [2.75, 3.05) is 11.9 Å². The molecule has 2 rings (SSSR count). The summed E-state index contributed by atoms with van der Waals surface area (Å²) >= 11 is 0. The van der Waals surface area contributed by atoms with Gasteiger partial charge in [-0.3, -0.25) is 0 Å². The fourth-order valence-electron chi connectivity index (χ4n) is 3.67. The maximum Gasteiger partial charge on any atom is 0.161 e. The molecule has 160 valence electrons. The summed E-state index contributed by atoms with van der Waals surface area (Å²) in [5.41, 5.74) is 3.34. The standard InChI is InChI=1S/C26H41N3/c1-4-5-6-7-8-9-10-11-12-13-14-15-20-27-25-21-23(3)28-26(29-25)24-18-16-22(2)17-19-24/h16-19,21H,4-15,20H2,1-3H3,(H,27,28,29). The molecule has 1 heterocycles. The molecule has 1 N–H and O–H groups in total. The predicted octanol–water partition coefficient (Wildman–Crippen LogP) is 7.87. The normalized spacial score (nSPS) is 11.0. The van der Waals surface area contributed by atoms with Gasteiger partial charge in [0.15, 0.2) is 5.82 Å². The highest BCUT2D eigenvalue weighted by atomic mass is 15.0. The summed E-state index contributed by atoms with van der Waals surface area (Å²) in [6, 6.07) is 10.5. The summed E-state index contributed by atoms with van der Waals surface area (Å²) in [7, 11) is 0. The van der Waals surface area contributed by atoms with Gasteiger partial charge in [-0.15, -0.1) is 0 Å². The number of unbranched alkanes of at least 4 members (excludes halogenated alkanes) is 11. The molecular formula is C26H41N3. The van der Waals surface area contributed by atoms with E-state index in [9.17, 15) is 0 Å². The molecule has 29 heavy (non-hydrogen) atoms. The van der Waals surface area contributed by atoms with Crippen molar-refractivity contribution in [1.29, 1.82) is 0 Å². The van der Waals surface area contributed by atoms with Crippen molar-refractivity contribution in [3.63, 3.8) is 0 Å². The number of aromatic nitrogens is 2. The van der Waals surface area contributed by atoms with Crippen molar-refractivity contribution < 1.29 is 0 Å². The van der Waals surface area contributed by atoms with Crippen LogP contribution in [0.3, 0.4) is 0 Å². The lowest BCUT2D eigenvalue weighted by molar-refractivity contribution is 0.546. The van der Waals surface area contributed by atoms with Gasteiger partial charge in [0, 0.05) is 23.9 Å². The van der Waals surface area contributed by atoms with E-state index in [2.05, 4.69) is 48.4 Å². The van der Waals surface area contributed by atoms with Crippen LogP contribution >= 0.6 is 0 Å². The van der Waals surface area contributed by atoms with E-state index in [4.69, 9.17) is 4.98 Å². The van der Waals surface area contributed by atoms with Gasteiger partial charge < -0.3 is 5.32 Å². The van der Waals surface area contributed by atoms with Gasteiger partial charge in [0.25, 0.3) is 0 Å². The van der Waals surface area contributed by atoms with Gasteiger partial charge in [-0.25, -0.2) is 9.97 Å². The van der Waals surface area contributed by atoms with Gasteiger partial charge in [0.1, 0.15) is 5.82 Å². The van der Waals surface area contributed by atoms with E-state index in [1.165, 1.54) is 82.6 Å². The molecule has 1 aromatic carbocycles. The zero-order chi connectivity index (χ0) is 20.7. The van der Waals surface area contributed by atoms with Gasteiger partial charge >= 0.3 is 0 Å². The second-order valence-corrected chi connectivity index (χ2v) is 8.40. The summed E-state index contributed by atoms with van der Waals surface area (Å²) in [5, 5.41) is 3.49. The smallest absolute Gasteiger partial charge is 0.161 e. The summed E-state index contributed by atoms with van der Waals surface area (Å²) in [5.74, 6) is 1.75. The Morgan fingerprint density at radius 2 is 1.24 bits per heavy atom. The summed E-state index contributed by atoms with van der Waals surface area (Å²) in [6.07, 6.45) is 16.6. The molecule has 0 spiro atoms. The Balaban J connectivity index is 1.57. The van der Waals surface area contributed by atoms with Crippen LogP contribution in [-0.2, 0) is 0 Å². The highest BCUT2D eigenvalue weighted by Crippen LogP contribution is 2.19. The second kappa shape index (κ2) is 14.1. The van der Waals surface area contributed by atoms with Gasteiger partial charge in [-0.1, -0.05) is 107 Å². The Kier molecular flexibility index (Phi) is 11.4. The van der Waals surface area contributed by atoms with Crippen molar-refractivity contribution in [3.8, 4) is 11.4 Å². The fourth-order valence-corrected chi connectivity index (χ4v) is 3.67. The Morgan fingerprint density at radius 1 is 0.690 bits per heavy atom. The second-order valence-electron chi connectivity index (χ2n) is 8.40. The minimum Gasteiger partial charge on any atom is -0.370 e. The van der Waals surface area contributed by atoms with Crippen LogP contribution in [0.15, 0.2) is 30.3 Å². The van der Waals surface area contributed by atoms with E-state index < -0.39 is 0 Å². The van der Waals surface area contributed by atoms with Crippen molar-refractivity contribution >= 4 is 5.82 Å². The predicted molar refractivity (Wildman–Crippen MR) is 127 cm³/mol. The van der Waals surface area contributed by atoms with Crippen LogP contribution in [-0.4, -0.2) is 16.5 Å².